The molecule has 1 heterocycles. The van der Waals surface area contributed by atoms with Gasteiger partial charge in [0.2, 0.25) is 0 Å². The summed E-state index contributed by atoms with van der Waals surface area (Å²) < 4.78 is 5.53. The second-order valence-electron chi connectivity index (χ2n) is 8.25. The Morgan fingerprint density at radius 3 is 2.29 bits per heavy atom. The number of carbonyl (C=O) groups is 2. The van der Waals surface area contributed by atoms with Gasteiger partial charge in [0.15, 0.2) is 11.5 Å². The third kappa shape index (κ3) is 4.55. The number of Topliss-reactive ketones (excluding diaryl/α,β-unsaturated/α-hetero) is 1. The Bertz CT molecular complexity index is 1300. The van der Waals surface area contributed by atoms with E-state index in [-0.39, 0.29) is 22.8 Å². The molecule has 0 saturated carbocycles. The van der Waals surface area contributed by atoms with Gasteiger partial charge in [-0.3, -0.25) is 14.5 Å². The van der Waals surface area contributed by atoms with Crippen LogP contribution in [0.2, 0.25) is 5.02 Å². The number of aliphatic hydroxyl groups excluding tert-OH is 1. The molecule has 2 N–H and O–H groups in total. The first-order chi connectivity index (χ1) is 16.7. The van der Waals surface area contributed by atoms with Gasteiger partial charge in [0.1, 0.15) is 5.76 Å². The largest absolute Gasteiger partial charge is 0.507 e. The van der Waals surface area contributed by atoms with E-state index in [1.807, 2.05) is 31.1 Å². The molecule has 1 aliphatic rings. The molecule has 7 nitrogen and oxygen atoms in total. The quantitative estimate of drug-likeness (QED) is 0.281. The molecule has 0 bridgehead atoms. The number of aliphatic hydroxyl groups is 1. The average Bonchev–Trinajstić information content (AvgIpc) is 3.11. The SMILES string of the molecule is CCOc1cc(C2/C(=C(/O)c3ccc(Cl)cc3)C(=O)C(=O)N2c2ccc(N(C)C)cc2)ccc1O. The number of phenolic OH excluding ortho intramolecular Hbond substituents is 1. The van der Waals surface area contributed by atoms with Crippen LogP contribution in [0.1, 0.15) is 24.1 Å². The van der Waals surface area contributed by atoms with Gasteiger partial charge in [0, 0.05) is 36.1 Å². The molecule has 1 aliphatic heterocycles. The maximum Gasteiger partial charge on any atom is 0.300 e. The second-order valence-corrected chi connectivity index (χ2v) is 8.68. The third-order valence-corrected chi connectivity index (χ3v) is 6.06. The summed E-state index contributed by atoms with van der Waals surface area (Å²) in [6.45, 7) is 2.10. The maximum atomic E-state index is 13.3. The highest BCUT2D eigenvalue weighted by atomic mass is 35.5. The number of phenols is 1. The number of ketones is 1. The van der Waals surface area contributed by atoms with Crippen LogP contribution in [0.4, 0.5) is 11.4 Å². The smallest absolute Gasteiger partial charge is 0.300 e. The minimum absolute atomic E-state index is 0.0675. The molecule has 0 radical (unpaired) electrons. The molecule has 0 aliphatic carbocycles. The molecular formula is C27H25ClN2O5. The molecule has 180 valence electrons. The van der Waals surface area contributed by atoms with Crippen LogP contribution in [0, 0.1) is 0 Å². The predicted molar refractivity (Wildman–Crippen MR) is 136 cm³/mol. The normalized spacial score (nSPS) is 17.0. The minimum Gasteiger partial charge on any atom is -0.507 e. The zero-order valence-corrected chi connectivity index (χ0v) is 20.3. The zero-order valence-electron chi connectivity index (χ0n) is 19.5. The lowest BCUT2D eigenvalue weighted by Crippen LogP contribution is -2.29. The van der Waals surface area contributed by atoms with Crippen LogP contribution in [0.25, 0.3) is 5.76 Å². The number of hydrogen-bond donors (Lipinski definition) is 2. The van der Waals surface area contributed by atoms with Crippen LogP contribution in [-0.2, 0) is 9.59 Å². The van der Waals surface area contributed by atoms with Crippen LogP contribution in [0.3, 0.4) is 0 Å². The van der Waals surface area contributed by atoms with E-state index in [1.165, 1.54) is 11.0 Å². The zero-order chi connectivity index (χ0) is 25.3. The van der Waals surface area contributed by atoms with Crippen molar-refractivity contribution in [3.63, 3.8) is 0 Å². The Kier molecular flexibility index (Phi) is 6.71. The van der Waals surface area contributed by atoms with E-state index in [0.717, 1.165) is 5.69 Å². The van der Waals surface area contributed by atoms with Crippen LogP contribution < -0.4 is 14.5 Å². The summed E-state index contributed by atoms with van der Waals surface area (Å²) >= 11 is 5.98. The Balaban J connectivity index is 1.93. The lowest BCUT2D eigenvalue weighted by Gasteiger charge is -2.26. The summed E-state index contributed by atoms with van der Waals surface area (Å²) in [5.41, 5.74) is 2.19. The molecule has 3 aromatic carbocycles. The van der Waals surface area contributed by atoms with Gasteiger partial charge < -0.3 is 19.8 Å². The van der Waals surface area contributed by atoms with Crippen LogP contribution in [0.5, 0.6) is 11.5 Å². The van der Waals surface area contributed by atoms with Crippen LogP contribution in [0.15, 0.2) is 72.3 Å². The number of amides is 1. The maximum absolute atomic E-state index is 13.3. The van der Waals surface area contributed by atoms with Gasteiger partial charge in [0.25, 0.3) is 11.7 Å². The number of halogens is 1. The van der Waals surface area contributed by atoms with Gasteiger partial charge in [0.05, 0.1) is 18.2 Å². The predicted octanol–water partition coefficient (Wildman–Crippen LogP) is 5.14. The molecule has 8 heteroatoms. The first kappa shape index (κ1) is 24.2. The van der Waals surface area contributed by atoms with E-state index < -0.39 is 17.7 Å². The minimum atomic E-state index is -0.948. The Morgan fingerprint density at radius 1 is 1.03 bits per heavy atom. The van der Waals surface area contributed by atoms with Crippen molar-refractivity contribution < 1.29 is 24.5 Å². The summed E-state index contributed by atoms with van der Waals surface area (Å²) in [5.74, 6) is -1.76. The van der Waals surface area contributed by atoms with Gasteiger partial charge in [-0.25, -0.2) is 0 Å². The fourth-order valence-corrected chi connectivity index (χ4v) is 4.19. The van der Waals surface area contributed by atoms with Crippen molar-refractivity contribution in [2.75, 3.05) is 30.5 Å². The highest BCUT2D eigenvalue weighted by molar-refractivity contribution is 6.51. The number of aromatic hydroxyl groups is 1. The summed E-state index contributed by atoms with van der Waals surface area (Å²) in [5, 5.41) is 21.9. The summed E-state index contributed by atoms with van der Waals surface area (Å²) in [6, 6.07) is 17.2. The highest BCUT2D eigenvalue weighted by Crippen LogP contribution is 2.44. The Morgan fingerprint density at radius 2 is 1.69 bits per heavy atom. The van der Waals surface area contributed by atoms with Crippen molar-refractivity contribution >= 4 is 40.4 Å². The van der Waals surface area contributed by atoms with Crippen molar-refractivity contribution in [3.8, 4) is 11.5 Å². The fraction of sp³-hybridized carbons (Fsp3) is 0.185. The van der Waals surface area contributed by atoms with Gasteiger partial charge in [-0.1, -0.05) is 17.7 Å². The first-order valence-electron chi connectivity index (χ1n) is 11.0. The Hall–Kier alpha value is -3.97. The van der Waals surface area contributed by atoms with E-state index in [9.17, 15) is 19.8 Å². The summed E-state index contributed by atoms with van der Waals surface area (Å²) in [6.07, 6.45) is 0. The molecule has 1 amide bonds. The molecule has 1 atom stereocenters. The van der Waals surface area contributed by atoms with E-state index >= 15 is 0 Å². The van der Waals surface area contributed by atoms with Gasteiger partial charge in [-0.15, -0.1) is 0 Å². The van der Waals surface area contributed by atoms with Gasteiger partial charge in [-0.05, 0) is 73.2 Å². The Labute approximate surface area is 208 Å². The van der Waals surface area contributed by atoms with Gasteiger partial charge in [-0.2, -0.15) is 0 Å². The molecule has 3 aromatic rings. The second kappa shape index (κ2) is 9.72. The highest BCUT2D eigenvalue weighted by Gasteiger charge is 2.47. The third-order valence-electron chi connectivity index (χ3n) is 5.81. The topological polar surface area (TPSA) is 90.3 Å². The number of anilines is 2. The molecule has 4 rings (SSSR count). The fourth-order valence-electron chi connectivity index (χ4n) is 4.06. The molecular weight excluding hydrogens is 468 g/mol. The van der Waals surface area contributed by atoms with Crippen LogP contribution in [-0.4, -0.2) is 42.6 Å². The molecule has 1 saturated heterocycles. The van der Waals surface area contributed by atoms with E-state index in [1.54, 1.807) is 55.5 Å². The standard InChI is InChI=1S/C27H25ClN2O5/c1-4-35-22-15-17(7-14-21(22)31)24-23(25(32)16-5-8-18(28)9-6-16)26(33)27(34)30(24)20-12-10-19(11-13-20)29(2)3/h5-15,24,31-32H,4H2,1-3H3/b25-23-. The monoisotopic (exact) mass is 492 g/mol. The van der Waals surface area contributed by atoms with Crippen molar-refractivity contribution in [1.82, 2.24) is 0 Å². The molecule has 35 heavy (non-hydrogen) atoms. The number of hydrogen-bond acceptors (Lipinski definition) is 6. The number of rotatable bonds is 6. The average molecular weight is 493 g/mol. The van der Waals surface area contributed by atoms with E-state index in [0.29, 0.717) is 28.4 Å². The number of carbonyl (C=O) groups excluding carboxylic acids is 2. The van der Waals surface area contributed by atoms with E-state index in [4.69, 9.17) is 16.3 Å². The van der Waals surface area contributed by atoms with Crippen molar-refractivity contribution in [2.24, 2.45) is 0 Å². The van der Waals surface area contributed by atoms with E-state index in [2.05, 4.69) is 0 Å². The lowest BCUT2D eigenvalue weighted by molar-refractivity contribution is -0.132. The van der Waals surface area contributed by atoms with Gasteiger partial charge >= 0.3 is 0 Å². The van der Waals surface area contributed by atoms with Crippen LogP contribution >= 0.6 is 11.6 Å². The number of nitrogens with zero attached hydrogens (tertiary/aromatic N) is 2. The summed E-state index contributed by atoms with van der Waals surface area (Å²) in [4.78, 5) is 29.9. The molecule has 1 fully saturated rings. The lowest BCUT2D eigenvalue weighted by atomic mass is 9.94. The first-order valence-corrected chi connectivity index (χ1v) is 11.4. The molecule has 0 aromatic heterocycles. The van der Waals surface area contributed by atoms with Crippen molar-refractivity contribution in [2.45, 2.75) is 13.0 Å². The molecule has 0 spiro atoms. The number of benzene rings is 3. The molecule has 1 unspecified atom stereocenters. The van der Waals surface area contributed by atoms with Crippen molar-refractivity contribution in [1.29, 1.82) is 0 Å². The summed E-state index contributed by atoms with van der Waals surface area (Å²) in [7, 11) is 3.80. The number of ether oxygens (including phenoxy) is 1. The van der Waals surface area contributed by atoms with Crippen molar-refractivity contribution in [3.05, 3.63) is 88.5 Å².